The topological polar surface area (TPSA) is 54.0 Å². The number of anilines is 2. The van der Waals surface area contributed by atoms with Crippen molar-refractivity contribution in [2.24, 2.45) is 5.92 Å². The molecular weight excluding hydrogens is 274 g/mol. The third-order valence-electron chi connectivity index (χ3n) is 3.57. The first-order chi connectivity index (χ1) is 10.5. The van der Waals surface area contributed by atoms with E-state index < -0.39 is 0 Å². The lowest BCUT2D eigenvalue weighted by molar-refractivity contribution is 0.102. The van der Waals surface area contributed by atoms with Crippen molar-refractivity contribution in [1.29, 1.82) is 0 Å². The van der Waals surface area contributed by atoms with Crippen LogP contribution < -0.4 is 10.6 Å². The molecule has 0 unspecified atom stereocenters. The summed E-state index contributed by atoms with van der Waals surface area (Å²) in [5.41, 5.74) is 4.49. The average molecular weight is 297 g/mol. The second-order valence-corrected chi connectivity index (χ2v) is 5.94. The highest BCUT2D eigenvalue weighted by Gasteiger charge is 2.10. The number of hydrogen-bond donors (Lipinski definition) is 2. The Bertz CT molecular complexity index is 665. The quantitative estimate of drug-likeness (QED) is 0.876. The molecule has 22 heavy (non-hydrogen) atoms. The number of nitrogens with one attached hydrogen (secondary N) is 2. The van der Waals surface area contributed by atoms with Gasteiger partial charge in [-0.3, -0.25) is 9.78 Å². The molecule has 0 bridgehead atoms. The number of carbonyl (C=O) groups is 1. The number of amides is 1. The molecule has 0 atom stereocenters. The van der Waals surface area contributed by atoms with Crippen molar-refractivity contribution in [1.82, 2.24) is 4.98 Å². The summed E-state index contributed by atoms with van der Waals surface area (Å²) in [6.07, 6.45) is 3.32. The number of hydrogen-bond acceptors (Lipinski definition) is 3. The first kappa shape index (κ1) is 16.0. The molecule has 4 heteroatoms. The number of pyridine rings is 1. The van der Waals surface area contributed by atoms with Crippen LogP contribution in [0.2, 0.25) is 0 Å². The van der Waals surface area contributed by atoms with Crippen LogP contribution in [0.1, 0.15) is 35.3 Å². The predicted octanol–water partition coefficient (Wildman–Crippen LogP) is 4.02. The maximum atomic E-state index is 12.4. The van der Waals surface area contributed by atoms with Crippen molar-refractivity contribution in [3.63, 3.8) is 0 Å². The van der Waals surface area contributed by atoms with Crippen molar-refractivity contribution in [2.45, 2.75) is 27.7 Å². The van der Waals surface area contributed by atoms with Gasteiger partial charge >= 0.3 is 0 Å². The minimum absolute atomic E-state index is 0.144. The highest BCUT2D eigenvalue weighted by atomic mass is 16.1. The minimum atomic E-state index is -0.144. The molecule has 4 nitrogen and oxygen atoms in total. The van der Waals surface area contributed by atoms with Crippen LogP contribution in [0.5, 0.6) is 0 Å². The Morgan fingerprint density at radius 3 is 2.73 bits per heavy atom. The van der Waals surface area contributed by atoms with Crippen LogP contribution in [-0.2, 0) is 0 Å². The molecule has 0 fully saturated rings. The fourth-order valence-electron chi connectivity index (χ4n) is 2.06. The van der Waals surface area contributed by atoms with E-state index in [0.29, 0.717) is 11.5 Å². The Labute approximate surface area is 132 Å². The van der Waals surface area contributed by atoms with E-state index in [1.807, 2.05) is 38.1 Å². The monoisotopic (exact) mass is 297 g/mol. The summed E-state index contributed by atoms with van der Waals surface area (Å²) in [5.74, 6) is 0.391. The van der Waals surface area contributed by atoms with Gasteiger partial charge in [-0.1, -0.05) is 26.0 Å². The van der Waals surface area contributed by atoms with E-state index in [2.05, 4.69) is 29.5 Å². The average Bonchev–Trinajstić information content (AvgIpc) is 2.50. The predicted molar refractivity (Wildman–Crippen MR) is 91.4 cm³/mol. The van der Waals surface area contributed by atoms with Gasteiger partial charge in [-0.15, -0.1) is 0 Å². The Kier molecular flexibility index (Phi) is 5.15. The Balaban J connectivity index is 2.12. The Hall–Kier alpha value is -2.36. The maximum absolute atomic E-state index is 12.4. The standard InChI is InChI=1S/C18H23N3O/c1-12(2)9-20-16-8-15(10-19-11-16)18(22)21-17-7-5-6-13(3)14(17)4/h5-8,10-12,20H,9H2,1-4H3,(H,21,22). The molecule has 0 saturated heterocycles. The first-order valence-electron chi connectivity index (χ1n) is 7.54. The zero-order valence-electron chi connectivity index (χ0n) is 13.6. The van der Waals surface area contributed by atoms with Crippen LogP contribution in [-0.4, -0.2) is 17.4 Å². The molecule has 0 aliphatic rings. The molecule has 0 spiro atoms. The van der Waals surface area contributed by atoms with Crippen LogP contribution in [0.3, 0.4) is 0 Å². The molecule has 0 saturated carbocycles. The Morgan fingerprint density at radius 1 is 1.23 bits per heavy atom. The van der Waals surface area contributed by atoms with Gasteiger partial charge in [0.15, 0.2) is 0 Å². The van der Waals surface area contributed by atoms with Crippen LogP contribution in [0.4, 0.5) is 11.4 Å². The number of rotatable bonds is 5. The number of aromatic nitrogens is 1. The maximum Gasteiger partial charge on any atom is 0.257 e. The van der Waals surface area contributed by atoms with Crippen molar-refractivity contribution in [2.75, 3.05) is 17.2 Å². The van der Waals surface area contributed by atoms with Gasteiger partial charge < -0.3 is 10.6 Å². The number of aryl methyl sites for hydroxylation is 1. The molecule has 2 rings (SSSR count). The first-order valence-corrected chi connectivity index (χ1v) is 7.54. The van der Waals surface area contributed by atoms with E-state index in [0.717, 1.165) is 29.0 Å². The smallest absolute Gasteiger partial charge is 0.257 e. The van der Waals surface area contributed by atoms with Crippen LogP contribution in [0, 0.1) is 19.8 Å². The third kappa shape index (κ3) is 4.07. The lowest BCUT2D eigenvalue weighted by Gasteiger charge is -2.12. The largest absolute Gasteiger partial charge is 0.384 e. The number of nitrogens with zero attached hydrogens (tertiary/aromatic N) is 1. The minimum Gasteiger partial charge on any atom is -0.384 e. The summed E-state index contributed by atoms with van der Waals surface area (Å²) >= 11 is 0. The highest BCUT2D eigenvalue weighted by molar-refractivity contribution is 6.05. The molecule has 2 N–H and O–H groups in total. The SMILES string of the molecule is Cc1cccc(NC(=O)c2cncc(NCC(C)C)c2)c1C. The molecule has 1 aromatic carbocycles. The fraction of sp³-hybridized carbons (Fsp3) is 0.333. The van der Waals surface area contributed by atoms with E-state index in [1.54, 1.807) is 12.4 Å². The zero-order valence-corrected chi connectivity index (χ0v) is 13.6. The molecular formula is C18H23N3O. The molecule has 116 valence electrons. The van der Waals surface area contributed by atoms with Crippen molar-refractivity contribution in [3.8, 4) is 0 Å². The summed E-state index contributed by atoms with van der Waals surface area (Å²) in [6.45, 7) is 9.16. The molecule has 0 aliphatic carbocycles. The van der Waals surface area contributed by atoms with Gasteiger partial charge in [-0.25, -0.2) is 0 Å². The van der Waals surface area contributed by atoms with Crippen LogP contribution >= 0.6 is 0 Å². The van der Waals surface area contributed by atoms with Crippen LogP contribution in [0.15, 0.2) is 36.7 Å². The van der Waals surface area contributed by atoms with E-state index in [1.165, 1.54) is 0 Å². The molecule has 2 aromatic rings. The number of carbonyl (C=O) groups excluding carboxylic acids is 1. The van der Waals surface area contributed by atoms with Gasteiger partial charge in [0.1, 0.15) is 0 Å². The number of benzene rings is 1. The second kappa shape index (κ2) is 7.07. The normalized spacial score (nSPS) is 10.6. The van der Waals surface area contributed by atoms with E-state index in [4.69, 9.17) is 0 Å². The van der Waals surface area contributed by atoms with Gasteiger partial charge in [0.2, 0.25) is 0 Å². The van der Waals surface area contributed by atoms with Crippen molar-refractivity contribution in [3.05, 3.63) is 53.3 Å². The summed E-state index contributed by atoms with van der Waals surface area (Å²) in [6, 6.07) is 7.71. The summed E-state index contributed by atoms with van der Waals surface area (Å²) < 4.78 is 0. The van der Waals surface area contributed by atoms with Gasteiger partial charge in [-0.2, -0.15) is 0 Å². The molecule has 1 heterocycles. The summed E-state index contributed by atoms with van der Waals surface area (Å²) in [7, 11) is 0. The molecule has 0 aliphatic heterocycles. The fourth-order valence-corrected chi connectivity index (χ4v) is 2.06. The molecule has 0 radical (unpaired) electrons. The second-order valence-electron chi connectivity index (χ2n) is 5.94. The van der Waals surface area contributed by atoms with Crippen molar-refractivity contribution < 1.29 is 4.79 Å². The van der Waals surface area contributed by atoms with Crippen LogP contribution in [0.25, 0.3) is 0 Å². The lowest BCUT2D eigenvalue weighted by atomic mass is 10.1. The van der Waals surface area contributed by atoms with Gasteiger partial charge in [0.05, 0.1) is 11.3 Å². The van der Waals surface area contributed by atoms with Gasteiger partial charge in [-0.05, 0) is 43.0 Å². The zero-order chi connectivity index (χ0) is 16.1. The lowest BCUT2D eigenvalue weighted by Crippen LogP contribution is -2.14. The molecule has 1 aromatic heterocycles. The van der Waals surface area contributed by atoms with Crippen molar-refractivity contribution >= 4 is 17.3 Å². The van der Waals surface area contributed by atoms with E-state index >= 15 is 0 Å². The highest BCUT2D eigenvalue weighted by Crippen LogP contribution is 2.19. The van der Waals surface area contributed by atoms with Gasteiger partial charge in [0, 0.05) is 24.6 Å². The van der Waals surface area contributed by atoms with E-state index in [-0.39, 0.29) is 5.91 Å². The van der Waals surface area contributed by atoms with E-state index in [9.17, 15) is 4.79 Å². The third-order valence-corrected chi connectivity index (χ3v) is 3.57. The molecule has 1 amide bonds. The van der Waals surface area contributed by atoms with Gasteiger partial charge in [0.25, 0.3) is 5.91 Å². The Morgan fingerprint density at radius 2 is 2.00 bits per heavy atom. The summed E-state index contributed by atoms with van der Waals surface area (Å²) in [4.78, 5) is 16.5. The summed E-state index contributed by atoms with van der Waals surface area (Å²) in [5, 5.41) is 6.23.